The summed E-state index contributed by atoms with van der Waals surface area (Å²) in [6.45, 7) is 8.21. The van der Waals surface area contributed by atoms with Crippen LogP contribution in [0.4, 0.5) is 17.1 Å². The second kappa shape index (κ2) is 15.4. The Labute approximate surface area is 269 Å². The van der Waals surface area contributed by atoms with Crippen molar-refractivity contribution >= 4 is 27.8 Å². The molecule has 222 valence electrons. The summed E-state index contributed by atoms with van der Waals surface area (Å²) in [4.78, 5) is 2.33. The van der Waals surface area contributed by atoms with Crippen molar-refractivity contribution < 1.29 is 0 Å². The third-order valence-electron chi connectivity index (χ3n) is 7.67. The number of hydrogen-bond acceptors (Lipinski definition) is 1. The predicted octanol–water partition coefficient (Wildman–Crippen LogP) is 13.0. The Kier molecular flexibility index (Phi) is 10.6. The number of fused-ring (bicyclic) bond motifs is 1. The van der Waals surface area contributed by atoms with Gasteiger partial charge in [0.2, 0.25) is 0 Å². The normalized spacial score (nSPS) is 10.2. The number of anilines is 3. The van der Waals surface area contributed by atoms with Gasteiger partial charge >= 0.3 is 0 Å². The molecule has 0 saturated heterocycles. The molecule has 0 aliphatic heterocycles. The van der Waals surface area contributed by atoms with E-state index in [1.165, 1.54) is 44.2 Å². The fraction of sp³-hybridized carbons (Fsp3) is 0.0909. The zero-order valence-electron chi connectivity index (χ0n) is 26.7. The first-order chi connectivity index (χ1) is 22.1. The van der Waals surface area contributed by atoms with Gasteiger partial charge in [-0.1, -0.05) is 165 Å². The fourth-order valence-electron chi connectivity index (χ4n) is 5.28. The molecule has 0 N–H and O–H groups in total. The van der Waals surface area contributed by atoms with Gasteiger partial charge in [-0.2, -0.15) is 0 Å². The molecule has 7 rings (SSSR count). The molecule has 0 aliphatic carbocycles. The van der Waals surface area contributed by atoms with E-state index in [1.54, 1.807) is 0 Å². The predicted molar refractivity (Wildman–Crippen MR) is 197 cm³/mol. The van der Waals surface area contributed by atoms with Gasteiger partial charge in [-0.25, -0.2) is 0 Å². The molecule has 0 amide bonds. The molecular formula is C44H41N. The van der Waals surface area contributed by atoms with E-state index >= 15 is 0 Å². The lowest BCUT2D eigenvalue weighted by molar-refractivity contribution is 1.29. The molecule has 0 saturated carbocycles. The minimum atomic E-state index is 1.13. The lowest BCUT2D eigenvalue weighted by Gasteiger charge is -2.26. The monoisotopic (exact) mass is 583 g/mol. The molecule has 0 atom stereocenters. The highest BCUT2D eigenvalue weighted by atomic mass is 15.1. The van der Waals surface area contributed by atoms with Gasteiger partial charge in [-0.15, -0.1) is 0 Å². The van der Waals surface area contributed by atoms with Crippen molar-refractivity contribution in [2.75, 3.05) is 4.90 Å². The van der Waals surface area contributed by atoms with Crippen LogP contribution in [-0.4, -0.2) is 0 Å². The number of rotatable bonds is 5. The van der Waals surface area contributed by atoms with E-state index < -0.39 is 0 Å². The Balaban J connectivity index is 0.000000389. The smallest absolute Gasteiger partial charge is 0.0468 e. The summed E-state index contributed by atoms with van der Waals surface area (Å²) in [5, 5.41) is 2.48. The van der Waals surface area contributed by atoms with Crippen LogP contribution in [0.5, 0.6) is 0 Å². The van der Waals surface area contributed by atoms with Gasteiger partial charge in [-0.05, 0) is 83.3 Å². The van der Waals surface area contributed by atoms with Crippen LogP contribution in [0.25, 0.3) is 33.0 Å². The van der Waals surface area contributed by atoms with E-state index in [2.05, 4.69) is 176 Å². The standard InChI is InChI=1S/C35H27N.C7H8.C2H6/c1-26-11-13-29(14-12-26)31-17-22-34(23-18-31)36(35-24-19-28-9-5-6-10-32(28)25-35)33-20-15-30(16-21-33)27-7-3-2-4-8-27;1-7-5-3-2-4-6-7;1-2/h2-25H,1H3;2-6H,1H3;1-2H3. The van der Waals surface area contributed by atoms with E-state index in [0.717, 1.165) is 17.1 Å². The van der Waals surface area contributed by atoms with Crippen molar-refractivity contribution in [1.82, 2.24) is 0 Å². The van der Waals surface area contributed by atoms with Crippen molar-refractivity contribution in [2.24, 2.45) is 0 Å². The van der Waals surface area contributed by atoms with Gasteiger partial charge in [0.1, 0.15) is 0 Å². The molecular weight excluding hydrogens is 542 g/mol. The van der Waals surface area contributed by atoms with Crippen LogP contribution in [0.3, 0.4) is 0 Å². The van der Waals surface area contributed by atoms with Gasteiger partial charge in [0.05, 0.1) is 0 Å². The Morgan fingerprint density at radius 1 is 0.311 bits per heavy atom. The molecule has 7 aromatic carbocycles. The summed E-state index contributed by atoms with van der Waals surface area (Å²) in [5.41, 5.74) is 10.9. The molecule has 0 aromatic heterocycles. The largest absolute Gasteiger partial charge is 0.310 e. The van der Waals surface area contributed by atoms with Crippen molar-refractivity contribution in [3.63, 3.8) is 0 Å². The SMILES string of the molecule is CC.Cc1ccc(-c2ccc(N(c3ccc(-c4ccccc4)cc3)c3ccc4ccccc4c3)cc2)cc1.Cc1ccccc1. The number of aryl methyl sites for hydroxylation is 2. The number of benzene rings is 7. The third-order valence-corrected chi connectivity index (χ3v) is 7.67. The average Bonchev–Trinajstić information content (AvgIpc) is 3.11. The van der Waals surface area contributed by atoms with Crippen LogP contribution in [-0.2, 0) is 0 Å². The summed E-state index contributed by atoms with van der Waals surface area (Å²) < 4.78 is 0. The Morgan fingerprint density at radius 3 is 1.18 bits per heavy atom. The van der Waals surface area contributed by atoms with E-state index in [0.29, 0.717) is 0 Å². The summed E-state index contributed by atoms with van der Waals surface area (Å²) in [7, 11) is 0. The van der Waals surface area contributed by atoms with Gasteiger partial charge in [0, 0.05) is 17.1 Å². The zero-order chi connectivity index (χ0) is 31.4. The number of nitrogens with zero attached hydrogens (tertiary/aromatic N) is 1. The molecule has 0 unspecified atom stereocenters. The minimum absolute atomic E-state index is 1.13. The van der Waals surface area contributed by atoms with Crippen molar-refractivity contribution in [2.45, 2.75) is 27.7 Å². The maximum absolute atomic E-state index is 2.33. The highest BCUT2D eigenvalue weighted by Crippen LogP contribution is 2.38. The molecule has 0 aliphatic rings. The Hall–Kier alpha value is -5.40. The summed E-state index contributed by atoms with van der Waals surface area (Å²) >= 11 is 0. The first kappa shape index (κ1) is 31.0. The quantitative estimate of drug-likeness (QED) is 0.195. The fourth-order valence-corrected chi connectivity index (χ4v) is 5.28. The minimum Gasteiger partial charge on any atom is -0.310 e. The topological polar surface area (TPSA) is 3.24 Å². The first-order valence-corrected chi connectivity index (χ1v) is 15.8. The molecule has 0 bridgehead atoms. The van der Waals surface area contributed by atoms with Gasteiger partial charge in [0.25, 0.3) is 0 Å². The molecule has 0 radical (unpaired) electrons. The molecule has 7 aromatic rings. The van der Waals surface area contributed by atoms with Gasteiger partial charge < -0.3 is 4.90 Å². The number of hydrogen-bond donors (Lipinski definition) is 0. The summed E-state index contributed by atoms with van der Waals surface area (Å²) in [5.74, 6) is 0. The molecule has 0 spiro atoms. The van der Waals surface area contributed by atoms with Crippen LogP contribution in [0.1, 0.15) is 25.0 Å². The van der Waals surface area contributed by atoms with Crippen LogP contribution in [0, 0.1) is 13.8 Å². The highest BCUT2D eigenvalue weighted by molar-refractivity contribution is 5.89. The average molecular weight is 584 g/mol. The summed E-state index contributed by atoms with van der Waals surface area (Å²) in [6.07, 6.45) is 0. The van der Waals surface area contributed by atoms with E-state index in [1.807, 2.05) is 32.0 Å². The van der Waals surface area contributed by atoms with Crippen LogP contribution < -0.4 is 4.90 Å². The van der Waals surface area contributed by atoms with Crippen LogP contribution >= 0.6 is 0 Å². The summed E-state index contributed by atoms with van der Waals surface area (Å²) in [6, 6.07) is 62.4. The molecule has 1 heteroatoms. The molecule has 0 heterocycles. The molecule has 45 heavy (non-hydrogen) atoms. The molecule has 0 fully saturated rings. The van der Waals surface area contributed by atoms with Crippen LogP contribution in [0.15, 0.2) is 176 Å². The lowest BCUT2D eigenvalue weighted by atomic mass is 10.0. The zero-order valence-corrected chi connectivity index (χ0v) is 26.7. The van der Waals surface area contributed by atoms with Gasteiger partial charge in [0.15, 0.2) is 0 Å². The molecule has 1 nitrogen and oxygen atoms in total. The third kappa shape index (κ3) is 7.96. The van der Waals surface area contributed by atoms with Crippen molar-refractivity contribution in [3.8, 4) is 22.3 Å². The maximum Gasteiger partial charge on any atom is 0.0468 e. The van der Waals surface area contributed by atoms with E-state index in [9.17, 15) is 0 Å². The Bertz CT molecular complexity index is 1890. The van der Waals surface area contributed by atoms with Crippen molar-refractivity contribution in [3.05, 3.63) is 187 Å². The van der Waals surface area contributed by atoms with E-state index in [4.69, 9.17) is 0 Å². The lowest BCUT2D eigenvalue weighted by Crippen LogP contribution is -2.09. The highest BCUT2D eigenvalue weighted by Gasteiger charge is 2.14. The first-order valence-electron chi connectivity index (χ1n) is 15.8. The maximum atomic E-state index is 2.33. The van der Waals surface area contributed by atoms with Gasteiger partial charge in [-0.3, -0.25) is 0 Å². The second-order valence-electron chi connectivity index (χ2n) is 10.8. The van der Waals surface area contributed by atoms with Crippen LogP contribution in [0.2, 0.25) is 0 Å². The second-order valence-corrected chi connectivity index (χ2v) is 10.8. The van der Waals surface area contributed by atoms with Crippen molar-refractivity contribution in [1.29, 1.82) is 0 Å². The Morgan fingerprint density at radius 2 is 0.689 bits per heavy atom. The van der Waals surface area contributed by atoms with E-state index in [-0.39, 0.29) is 0 Å².